The van der Waals surface area contributed by atoms with E-state index in [2.05, 4.69) is 35.5 Å². The average molecular weight is 530 g/mol. The lowest BCUT2D eigenvalue weighted by Gasteiger charge is -2.28. The number of anilines is 3. The van der Waals surface area contributed by atoms with Crippen molar-refractivity contribution in [3.63, 3.8) is 0 Å². The molecule has 1 aliphatic rings. The van der Waals surface area contributed by atoms with Gasteiger partial charge in [0.25, 0.3) is 5.91 Å². The molecule has 0 bridgehead atoms. The van der Waals surface area contributed by atoms with Gasteiger partial charge in [-0.15, -0.1) is 0 Å². The third-order valence-electron chi connectivity index (χ3n) is 6.45. The van der Waals surface area contributed by atoms with Gasteiger partial charge in [0.1, 0.15) is 24.9 Å². The van der Waals surface area contributed by atoms with Gasteiger partial charge in [-0.05, 0) is 44.1 Å². The average Bonchev–Trinajstić information content (AvgIpc) is 2.97. The van der Waals surface area contributed by atoms with Crippen molar-refractivity contribution in [1.29, 1.82) is 0 Å². The van der Waals surface area contributed by atoms with Crippen LogP contribution in [0.1, 0.15) is 29.6 Å². The maximum absolute atomic E-state index is 12.3. The summed E-state index contributed by atoms with van der Waals surface area (Å²) in [6.45, 7) is 2.76. The molecule has 202 valence electrons. The minimum atomic E-state index is -0.605. The van der Waals surface area contributed by atoms with Crippen LogP contribution in [0.4, 0.5) is 17.5 Å². The van der Waals surface area contributed by atoms with Crippen LogP contribution in [0.5, 0.6) is 11.5 Å². The molecule has 0 spiro atoms. The first-order chi connectivity index (χ1) is 19.1. The first-order valence-electron chi connectivity index (χ1n) is 12.9. The number of hydrogen-bond acceptors (Lipinski definition) is 10. The second kappa shape index (κ2) is 12.5. The molecule has 1 fully saturated rings. The highest BCUT2D eigenvalue weighted by molar-refractivity contribution is 6.03. The molecule has 1 amide bonds. The van der Waals surface area contributed by atoms with E-state index in [1.807, 2.05) is 6.07 Å². The summed E-state index contributed by atoms with van der Waals surface area (Å²) in [4.78, 5) is 31.8. The third-order valence-corrected chi connectivity index (χ3v) is 6.45. The van der Waals surface area contributed by atoms with Crippen LogP contribution in [0.25, 0.3) is 10.9 Å². The minimum Gasteiger partial charge on any atom is -0.493 e. The van der Waals surface area contributed by atoms with Gasteiger partial charge < -0.3 is 24.8 Å². The fourth-order valence-corrected chi connectivity index (χ4v) is 4.47. The molecule has 4 aromatic rings. The molecular weight excluding hydrogens is 498 g/mol. The van der Waals surface area contributed by atoms with E-state index in [1.54, 1.807) is 55.9 Å². The molecule has 1 saturated heterocycles. The number of carbonyl (C=O) groups is 1. The van der Waals surface area contributed by atoms with Gasteiger partial charge in [-0.3, -0.25) is 10.1 Å². The van der Waals surface area contributed by atoms with Crippen LogP contribution in [0, 0.1) is 0 Å². The number of methoxy groups -OCH3 is 1. The summed E-state index contributed by atoms with van der Waals surface area (Å²) in [7, 11) is 1.56. The molecule has 0 saturated carbocycles. The Balaban J connectivity index is 1.26. The molecule has 0 radical (unpaired) electrons. The fourth-order valence-electron chi connectivity index (χ4n) is 4.47. The Labute approximate surface area is 226 Å². The number of piperidine rings is 1. The molecule has 11 heteroatoms. The van der Waals surface area contributed by atoms with Gasteiger partial charge in [0.2, 0.25) is 5.95 Å². The normalized spacial score (nSPS) is 14.5. The van der Waals surface area contributed by atoms with Gasteiger partial charge in [-0.1, -0.05) is 24.6 Å². The summed E-state index contributed by atoms with van der Waals surface area (Å²) in [5.74, 6) is 1.42. The number of hydrogen-bond donors (Lipinski definition) is 3. The highest BCUT2D eigenvalue weighted by atomic mass is 16.5. The number of β-amino-alcohol motifs (C(OH)–C–C–N with tert-alkyl or cyclic N) is 1. The van der Waals surface area contributed by atoms with Crippen LogP contribution in [0.15, 0.2) is 61.2 Å². The quantitative estimate of drug-likeness (QED) is 0.279. The van der Waals surface area contributed by atoms with Crippen LogP contribution >= 0.6 is 0 Å². The monoisotopic (exact) mass is 529 g/mol. The Hall–Kier alpha value is -4.35. The Kier molecular flexibility index (Phi) is 8.39. The highest BCUT2D eigenvalue weighted by Gasteiger charge is 2.17. The van der Waals surface area contributed by atoms with E-state index in [1.165, 1.54) is 25.6 Å². The molecule has 2 aromatic carbocycles. The number of aliphatic hydroxyl groups excluding tert-OH is 1. The molecule has 1 aliphatic heterocycles. The van der Waals surface area contributed by atoms with E-state index in [0.717, 1.165) is 13.1 Å². The van der Waals surface area contributed by atoms with Gasteiger partial charge >= 0.3 is 0 Å². The molecule has 5 rings (SSSR count). The van der Waals surface area contributed by atoms with Crippen LogP contribution in [-0.2, 0) is 0 Å². The molecule has 2 aromatic heterocycles. The number of likely N-dealkylation sites (tertiary alicyclic amines) is 1. The molecular formula is C28H31N7O4. The van der Waals surface area contributed by atoms with Crippen molar-refractivity contribution < 1.29 is 19.4 Å². The first-order valence-corrected chi connectivity index (χ1v) is 12.9. The SMILES string of the molecule is COc1cc2c(Nc3cnc(NC(=O)c4ccccc4)nc3)ncnc2cc1OCC(O)CN1CCCCC1. The van der Waals surface area contributed by atoms with Crippen LogP contribution in [0.3, 0.4) is 0 Å². The fraction of sp³-hybridized carbons (Fsp3) is 0.321. The van der Waals surface area contributed by atoms with Crippen LogP contribution in [-0.4, -0.2) is 75.3 Å². The standard InChI is InChI=1S/C28H31N7O4/c1-38-24-12-22-23(13-25(24)39-17-21(36)16-35-10-6-3-7-11-35)31-18-32-26(22)33-20-14-29-28(30-15-20)34-27(37)19-8-4-2-5-9-19/h2,4-5,8-9,12-15,18,21,36H,3,6-7,10-11,16-17H2,1H3,(H,31,32,33)(H,29,30,34,37). The maximum Gasteiger partial charge on any atom is 0.258 e. The van der Waals surface area contributed by atoms with E-state index in [0.29, 0.717) is 46.0 Å². The van der Waals surface area contributed by atoms with Gasteiger partial charge in [-0.2, -0.15) is 0 Å². The zero-order chi connectivity index (χ0) is 27.0. The van der Waals surface area contributed by atoms with Crippen molar-refractivity contribution in [3.8, 4) is 11.5 Å². The lowest BCUT2D eigenvalue weighted by atomic mass is 10.1. The van der Waals surface area contributed by atoms with Crippen molar-refractivity contribution in [2.45, 2.75) is 25.4 Å². The molecule has 11 nitrogen and oxygen atoms in total. The molecule has 3 N–H and O–H groups in total. The topological polar surface area (TPSA) is 135 Å². The molecule has 3 heterocycles. The number of ether oxygens (including phenoxy) is 2. The summed E-state index contributed by atoms with van der Waals surface area (Å²) >= 11 is 0. The summed E-state index contributed by atoms with van der Waals surface area (Å²) in [6.07, 6.45) is 7.54. The largest absolute Gasteiger partial charge is 0.493 e. The van der Waals surface area contributed by atoms with E-state index in [4.69, 9.17) is 9.47 Å². The lowest BCUT2D eigenvalue weighted by Crippen LogP contribution is -2.38. The number of rotatable bonds is 10. The Morgan fingerprint density at radius 2 is 1.79 bits per heavy atom. The summed E-state index contributed by atoms with van der Waals surface area (Å²) in [5.41, 5.74) is 1.74. The Bertz CT molecular complexity index is 1400. The number of aromatic nitrogens is 4. The Morgan fingerprint density at radius 3 is 2.54 bits per heavy atom. The molecule has 39 heavy (non-hydrogen) atoms. The zero-order valence-electron chi connectivity index (χ0n) is 21.7. The first kappa shape index (κ1) is 26.3. The van der Waals surface area contributed by atoms with Gasteiger partial charge in [0, 0.05) is 23.6 Å². The maximum atomic E-state index is 12.3. The number of carbonyl (C=O) groups excluding carboxylic acids is 1. The molecule has 1 unspecified atom stereocenters. The van der Waals surface area contributed by atoms with Crippen molar-refractivity contribution in [3.05, 3.63) is 66.7 Å². The highest BCUT2D eigenvalue weighted by Crippen LogP contribution is 2.34. The van der Waals surface area contributed by atoms with Crippen molar-refractivity contribution in [2.75, 3.05) is 44.0 Å². The zero-order valence-corrected chi connectivity index (χ0v) is 21.7. The number of benzene rings is 2. The van der Waals surface area contributed by atoms with E-state index in [-0.39, 0.29) is 18.5 Å². The summed E-state index contributed by atoms with van der Waals surface area (Å²) in [5, 5.41) is 17.1. The second-order valence-electron chi connectivity index (χ2n) is 9.31. The summed E-state index contributed by atoms with van der Waals surface area (Å²) in [6, 6.07) is 12.4. The number of nitrogens with one attached hydrogen (secondary N) is 2. The number of nitrogens with zero attached hydrogens (tertiary/aromatic N) is 5. The Morgan fingerprint density at radius 1 is 1.03 bits per heavy atom. The third kappa shape index (κ3) is 6.75. The van der Waals surface area contributed by atoms with E-state index >= 15 is 0 Å². The van der Waals surface area contributed by atoms with Gasteiger partial charge in [0.05, 0.1) is 30.7 Å². The predicted octanol–water partition coefficient (Wildman–Crippen LogP) is 3.65. The van der Waals surface area contributed by atoms with Crippen molar-refractivity contribution >= 4 is 34.3 Å². The lowest BCUT2D eigenvalue weighted by molar-refractivity contribution is 0.0609. The predicted molar refractivity (Wildman–Crippen MR) is 148 cm³/mol. The number of amides is 1. The van der Waals surface area contributed by atoms with E-state index in [9.17, 15) is 9.90 Å². The summed E-state index contributed by atoms with van der Waals surface area (Å²) < 4.78 is 11.5. The number of fused-ring (bicyclic) bond motifs is 1. The van der Waals surface area contributed by atoms with E-state index < -0.39 is 6.10 Å². The minimum absolute atomic E-state index is 0.152. The second-order valence-corrected chi connectivity index (χ2v) is 9.31. The van der Waals surface area contributed by atoms with Gasteiger partial charge in [-0.25, -0.2) is 19.9 Å². The smallest absolute Gasteiger partial charge is 0.258 e. The number of aliphatic hydroxyl groups is 1. The molecule has 0 aliphatic carbocycles. The van der Waals surface area contributed by atoms with Gasteiger partial charge in [0.15, 0.2) is 11.5 Å². The van der Waals surface area contributed by atoms with Crippen molar-refractivity contribution in [2.24, 2.45) is 0 Å². The molecule has 1 atom stereocenters. The van der Waals surface area contributed by atoms with Crippen LogP contribution in [0.2, 0.25) is 0 Å². The van der Waals surface area contributed by atoms with Crippen LogP contribution < -0.4 is 20.1 Å². The van der Waals surface area contributed by atoms with Crippen molar-refractivity contribution in [1.82, 2.24) is 24.8 Å².